The first-order valence-corrected chi connectivity index (χ1v) is 13.7. The van der Waals surface area contributed by atoms with Gasteiger partial charge < -0.3 is 33.3 Å². The second-order valence-electron chi connectivity index (χ2n) is 8.81. The van der Waals surface area contributed by atoms with Crippen molar-refractivity contribution in [3.63, 3.8) is 0 Å². The third-order valence-corrected chi connectivity index (χ3v) is 6.60. The van der Waals surface area contributed by atoms with Crippen molar-refractivity contribution in [1.29, 1.82) is 0 Å². The number of phosphoric acid groups is 1. The van der Waals surface area contributed by atoms with Crippen molar-refractivity contribution in [1.82, 2.24) is 34.5 Å². The van der Waals surface area contributed by atoms with Crippen molar-refractivity contribution < 1.29 is 91.9 Å². The molecule has 15 nitrogen and oxygen atoms in total. The third-order valence-electron chi connectivity index (χ3n) is 6.17. The van der Waals surface area contributed by atoms with Crippen LogP contribution in [-0.4, -0.2) is 53.1 Å². The molecule has 1 amide bonds. The molecule has 0 bridgehead atoms. The molecule has 1 fully saturated rings. The molecule has 0 radical (unpaired) electrons. The molecule has 0 saturated heterocycles. The Labute approximate surface area is 279 Å². The number of nitrogens with zero attached hydrogens (tertiary/aromatic N) is 7. The van der Waals surface area contributed by atoms with E-state index in [4.69, 9.17) is 14.3 Å². The molecule has 1 aliphatic carbocycles. The number of anilines is 1. The SMILES string of the molecule is CCOC1CCC(n2cc(NC(=O)c3coc(-c4cnn(COP(=O)([O-])[O-])c4)n3)c(-c3cnccn3)n2)CC1.[Na+].[Na+]. The molecule has 206 valence electrons. The minimum absolute atomic E-state index is 0. The van der Waals surface area contributed by atoms with E-state index in [9.17, 15) is 19.1 Å². The van der Waals surface area contributed by atoms with Crippen molar-refractivity contribution in [3.05, 3.63) is 49.1 Å². The molecule has 4 aromatic heterocycles. The number of aromatic nitrogens is 7. The van der Waals surface area contributed by atoms with Gasteiger partial charge in [0, 0.05) is 31.4 Å². The standard InChI is InChI=1S/C23H27N8O7P.2Na/c1-2-36-17-5-3-16(4-6-17)31-12-19(21(29-31)18-10-24-7-8-25-18)27-22(32)20-13-37-23(28-20)15-9-26-30(11-15)14-38-39(33,34)35;;/h7-13,16-17H,2-6,14H2,1H3,(H,27,32)(H2,33,34,35);;/q;2*+1/p-2. The minimum Gasteiger partial charge on any atom is -0.790 e. The normalized spacial score (nSPS) is 17.0. The summed E-state index contributed by atoms with van der Waals surface area (Å²) in [4.78, 5) is 47.1. The maximum Gasteiger partial charge on any atom is 1.00 e. The number of ether oxygens (including phenoxy) is 1. The molecule has 4 aromatic rings. The second-order valence-corrected chi connectivity index (χ2v) is 9.97. The number of phosphoric ester groups is 1. The molecule has 0 aromatic carbocycles. The van der Waals surface area contributed by atoms with Gasteiger partial charge in [-0.25, -0.2) is 9.67 Å². The van der Waals surface area contributed by atoms with Crippen LogP contribution < -0.4 is 74.2 Å². The molecule has 5 rings (SSSR count). The van der Waals surface area contributed by atoms with Crippen LogP contribution in [0.3, 0.4) is 0 Å². The van der Waals surface area contributed by atoms with Crippen molar-refractivity contribution in [2.45, 2.75) is 51.5 Å². The predicted molar refractivity (Wildman–Crippen MR) is 131 cm³/mol. The van der Waals surface area contributed by atoms with Crippen LogP contribution in [0.4, 0.5) is 5.69 Å². The number of hydrogen-bond acceptors (Lipinski definition) is 12. The minimum atomic E-state index is -5.15. The summed E-state index contributed by atoms with van der Waals surface area (Å²) in [5.74, 6) is -0.473. The zero-order valence-corrected chi connectivity index (χ0v) is 27.8. The predicted octanol–water partition coefficient (Wildman–Crippen LogP) is -4.23. The van der Waals surface area contributed by atoms with Crippen LogP contribution in [0.1, 0.15) is 49.1 Å². The third kappa shape index (κ3) is 8.88. The van der Waals surface area contributed by atoms with Crippen molar-refractivity contribution in [2.24, 2.45) is 0 Å². The van der Waals surface area contributed by atoms with Crippen molar-refractivity contribution >= 4 is 19.4 Å². The van der Waals surface area contributed by atoms with E-state index in [1.807, 2.05) is 11.6 Å². The number of carbonyl (C=O) groups excluding carboxylic acids is 1. The first-order chi connectivity index (χ1) is 18.8. The van der Waals surface area contributed by atoms with Gasteiger partial charge in [0.25, 0.3) is 5.91 Å². The molecule has 0 atom stereocenters. The van der Waals surface area contributed by atoms with Gasteiger partial charge in [0.05, 0.1) is 43.6 Å². The molecule has 4 heterocycles. The maximum absolute atomic E-state index is 13.1. The Balaban J connectivity index is 0.00000231. The Morgan fingerprint density at radius 2 is 1.95 bits per heavy atom. The van der Waals surface area contributed by atoms with Gasteiger partial charge in [0.1, 0.15) is 24.4 Å². The summed E-state index contributed by atoms with van der Waals surface area (Å²) >= 11 is 0. The Bertz CT molecular complexity index is 1470. The van der Waals surface area contributed by atoms with Gasteiger partial charge in [0.15, 0.2) is 5.69 Å². The van der Waals surface area contributed by atoms with Gasteiger partial charge in [-0.15, -0.1) is 0 Å². The van der Waals surface area contributed by atoms with Crippen LogP contribution >= 0.6 is 7.82 Å². The van der Waals surface area contributed by atoms with E-state index in [1.165, 1.54) is 18.7 Å². The zero-order chi connectivity index (χ0) is 27.4. The molecule has 41 heavy (non-hydrogen) atoms. The van der Waals surface area contributed by atoms with Crippen LogP contribution in [0.25, 0.3) is 22.8 Å². The fourth-order valence-corrected chi connectivity index (χ4v) is 4.62. The average molecular weight is 602 g/mol. The Hall–Kier alpha value is -1.75. The molecular weight excluding hydrogens is 577 g/mol. The summed E-state index contributed by atoms with van der Waals surface area (Å²) in [6.45, 7) is 2.09. The number of rotatable bonds is 10. The van der Waals surface area contributed by atoms with Gasteiger partial charge in [0.2, 0.25) is 5.89 Å². The van der Waals surface area contributed by atoms with Crippen LogP contribution in [0.5, 0.6) is 0 Å². The topological polar surface area (TPSA) is 198 Å². The van der Waals surface area contributed by atoms with E-state index < -0.39 is 20.5 Å². The Morgan fingerprint density at radius 3 is 2.63 bits per heavy atom. The quantitative estimate of drug-likeness (QED) is 0.136. The summed E-state index contributed by atoms with van der Waals surface area (Å²) in [6.07, 6.45) is 14.2. The van der Waals surface area contributed by atoms with E-state index in [0.29, 0.717) is 29.2 Å². The van der Waals surface area contributed by atoms with E-state index >= 15 is 0 Å². The molecule has 18 heteroatoms. The first-order valence-electron chi connectivity index (χ1n) is 12.2. The van der Waals surface area contributed by atoms with Gasteiger partial charge >= 0.3 is 59.1 Å². The van der Waals surface area contributed by atoms with Crippen molar-refractivity contribution in [2.75, 3.05) is 11.9 Å². The molecule has 1 saturated carbocycles. The van der Waals surface area contributed by atoms with Crippen LogP contribution in [0.15, 0.2) is 47.9 Å². The number of carbonyl (C=O) groups is 1. The summed E-state index contributed by atoms with van der Waals surface area (Å²) < 4.78 is 29.0. The second kappa shape index (κ2) is 15.1. The Morgan fingerprint density at radius 1 is 1.17 bits per heavy atom. The fraction of sp³-hybridized carbons (Fsp3) is 0.391. The summed E-state index contributed by atoms with van der Waals surface area (Å²) in [7, 11) is -5.15. The van der Waals surface area contributed by atoms with Gasteiger partial charge in [-0.2, -0.15) is 10.2 Å². The Kier molecular flexibility index (Phi) is 12.4. The first kappa shape index (κ1) is 33.7. The molecule has 0 spiro atoms. The van der Waals surface area contributed by atoms with E-state index in [0.717, 1.165) is 30.4 Å². The number of hydrogen-bond donors (Lipinski definition) is 1. The fourth-order valence-electron chi connectivity index (χ4n) is 4.36. The molecular formula is C23H25N8Na2O7P. The monoisotopic (exact) mass is 602 g/mol. The summed E-state index contributed by atoms with van der Waals surface area (Å²) in [5.41, 5.74) is 1.77. The average Bonchev–Trinajstić information content (AvgIpc) is 3.68. The number of nitrogens with one attached hydrogen (secondary N) is 1. The smallest absolute Gasteiger partial charge is 0.790 e. The van der Waals surface area contributed by atoms with Crippen molar-refractivity contribution in [3.8, 4) is 22.8 Å². The van der Waals surface area contributed by atoms with E-state index in [2.05, 4.69) is 29.9 Å². The van der Waals surface area contributed by atoms with Crippen LogP contribution in [-0.2, 0) is 20.6 Å². The van der Waals surface area contributed by atoms with Gasteiger partial charge in [-0.1, -0.05) is 0 Å². The maximum atomic E-state index is 13.1. The van der Waals surface area contributed by atoms with E-state index in [1.54, 1.807) is 24.8 Å². The van der Waals surface area contributed by atoms with Gasteiger partial charge in [-0.3, -0.25) is 19.4 Å². The number of oxazole rings is 1. The molecule has 1 aliphatic rings. The van der Waals surface area contributed by atoms with Crippen LogP contribution in [0, 0.1) is 0 Å². The van der Waals surface area contributed by atoms with Crippen LogP contribution in [0.2, 0.25) is 0 Å². The zero-order valence-electron chi connectivity index (χ0n) is 22.9. The molecule has 1 N–H and O–H groups in total. The molecule has 0 aliphatic heterocycles. The summed E-state index contributed by atoms with van der Waals surface area (Å²) in [6, 6.07) is 0.152. The largest absolute Gasteiger partial charge is 1.00 e. The summed E-state index contributed by atoms with van der Waals surface area (Å²) in [5, 5.41) is 11.5. The van der Waals surface area contributed by atoms with Gasteiger partial charge in [-0.05, 0) is 32.6 Å². The number of amides is 1. The van der Waals surface area contributed by atoms with E-state index in [-0.39, 0.29) is 82.8 Å². The molecule has 0 unspecified atom stereocenters.